The topological polar surface area (TPSA) is 29.3 Å². The van der Waals surface area contributed by atoms with Crippen LogP contribution in [0.4, 0.5) is 4.39 Å². The maximum atomic E-state index is 13.2. The zero-order valence-electron chi connectivity index (χ0n) is 10.7. The molecular weight excluding hydrogens is 295 g/mol. The predicted molar refractivity (Wildman–Crippen MR) is 75.9 cm³/mol. The minimum Gasteiger partial charge on any atom is -0.330 e. The summed E-state index contributed by atoms with van der Waals surface area (Å²) in [4.78, 5) is 2.44. The highest BCUT2D eigenvalue weighted by Gasteiger charge is 2.32. The van der Waals surface area contributed by atoms with Gasteiger partial charge in [-0.3, -0.25) is 4.90 Å². The SMILES string of the molecule is CCN1CCCC(CN)C1c1ccc(F)cc1Br. The van der Waals surface area contributed by atoms with Crippen LogP contribution in [0.25, 0.3) is 0 Å². The molecule has 0 radical (unpaired) electrons. The third-order valence-electron chi connectivity index (χ3n) is 3.85. The minimum absolute atomic E-state index is 0.200. The zero-order chi connectivity index (χ0) is 13.1. The number of hydrogen-bond acceptors (Lipinski definition) is 2. The van der Waals surface area contributed by atoms with Gasteiger partial charge in [-0.25, -0.2) is 4.39 Å². The molecule has 0 amide bonds. The van der Waals surface area contributed by atoms with E-state index in [0.29, 0.717) is 18.5 Å². The molecule has 100 valence electrons. The van der Waals surface area contributed by atoms with E-state index in [-0.39, 0.29) is 5.82 Å². The summed E-state index contributed by atoms with van der Waals surface area (Å²) in [6.45, 7) is 4.96. The lowest BCUT2D eigenvalue weighted by Gasteiger charge is -2.41. The fourth-order valence-electron chi connectivity index (χ4n) is 2.95. The predicted octanol–water partition coefficient (Wildman–Crippen LogP) is 3.32. The molecule has 1 fully saturated rings. The average Bonchev–Trinajstić information content (AvgIpc) is 2.38. The van der Waals surface area contributed by atoms with E-state index in [1.54, 1.807) is 6.07 Å². The van der Waals surface area contributed by atoms with E-state index in [1.807, 2.05) is 6.07 Å². The number of halogens is 2. The first-order valence-electron chi connectivity index (χ1n) is 6.56. The van der Waals surface area contributed by atoms with Crippen molar-refractivity contribution in [3.05, 3.63) is 34.1 Å². The molecule has 2 nitrogen and oxygen atoms in total. The van der Waals surface area contributed by atoms with Gasteiger partial charge in [-0.15, -0.1) is 0 Å². The summed E-state index contributed by atoms with van der Waals surface area (Å²) < 4.78 is 14.1. The number of hydrogen-bond donors (Lipinski definition) is 1. The Kier molecular flexibility index (Phi) is 4.76. The summed E-state index contributed by atoms with van der Waals surface area (Å²) in [7, 11) is 0. The molecule has 0 bridgehead atoms. The Balaban J connectivity index is 2.36. The largest absolute Gasteiger partial charge is 0.330 e. The molecule has 0 saturated carbocycles. The summed E-state index contributed by atoms with van der Waals surface area (Å²) in [5.41, 5.74) is 7.07. The second kappa shape index (κ2) is 6.13. The second-order valence-electron chi connectivity index (χ2n) is 4.88. The fraction of sp³-hybridized carbons (Fsp3) is 0.571. The van der Waals surface area contributed by atoms with Crippen molar-refractivity contribution >= 4 is 15.9 Å². The Morgan fingerprint density at radius 1 is 1.50 bits per heavy atom. The van der Waals surface area contributed by atoms with Gasteiger partial charge in [0, 0.05) is 10.5 Å². The maximum Gasteiger partial charge on any atom is 0.124 e. The third kappa shape index (κ3) is 2.76. The third-order valence-corrected chi connectivity index (χ3v) is 4.54. The first-order valence-corrected chi connectivity index (χ1v) is 7.35. The van der Waals surface area contributed by atoms with Crippen LogP contribution >= 0.6 is 15.9 Å². The molecule has 1 saturated heterocycles. The first kappa shape index (κ1) is 14.0. The molecule has 1 aliphatic rings. The normalized spacial score (nSPS) is 25.3. The second-order valence-corrected chi connectivity index (χ2v) is 5.73. The van der Waals surface area contributed by atoms with Crippen LogP contribution in [0, 0.1) is 11.7 Å². The molecule has 1 aliphatic heterocycles. The molecule has 1 aromatic carbocycles. The number of nitrogens with zero attached hydrogens (tertiary/aromatic N) is 1. The van der Waals surface area contributed by atoms with E-state index >= 15 is 0 Å². The summed E-state index contributed by atoms with van der Waals surface area (Å²) in [5.74, 6) is 0.259. The Bertz CT molecular complexity index is 399. The van der Waals surface area contributed by atoms with Gasteiger partial charge in [-0.2, -0.15) is 0 Å². The smallest absolute Gasteiger partial charge is 0.124 e. The lowest BCUT2D eigenvalue weighted by Crippen LogP contribution is -2.41. The lowest BCUT2D eigenvalue weighted by molar-refractivity contribution is 0.101. The molecule has 2 N–H and O–H groups in total. The van der Waals surface area contributed by atoms with Crippen LogP contribution in [0.2, 0.25) is 0 Å². The van der Waals surface area contributed by atoms with Crippen molar-refractivity contribution in [1.29, 1.82) is 0 Å². The van der Waals surface area contributed by atoms with Crippen molar-refractivity contribution < 1.29 is 4.39 Å². The highest BCUT2D eigenvalue weighted by atomic mass is 79.9. The van der Waals surface area contributed by atoms with Gasteiger partial charge in [0.05, 0.1) is 0 Å². The van der Waals surface area contributed by atoms with Gasteiger partial charge in [-0.05, 0) is 56.1 Å². The number of nitrogens with two attached hydrogens (primary N) is 1. The molecule has 0 aromatic heterocycles. The van der Waals surface area contributed by atoms with Crippen molar-refractivity contribution in [1.82, 2.24) is 4.90 Å². The molecule has 2 atom stereocenters. The number of rotatable bonds is 3. The quantitative estimate of drug-likeness (QED) is 0.927. The van der Waals surface area contributed by atoms with E-state index in [4.69, 9.17) is 5.73 Å². The molecule has 0 aliphatic carbocycles. The summed E-state index contributed by atoms with van der Waals surface area (Å²) in [6, 6.07) is 5.28. The molecule has 1 aromatic rings. The van der Waals surface area contributed by atoms with E-state index < -0.39 is 0 Å². The van der Waals surface area contributed by atoms with Gasteiger partial charge < -0.3 is 5.73 Å². The van der Waals surface area contributed by atoms with Crippen molar-refractivity contribution in [2.24, 2.45) is 11.7 Å². The number of likely N-dealkylation sites (tertiary alicyclic amines) is 1. The van der Waals surface area contributed by atoms with Crippen LogP contribution < -0.4 is 5.73 Å². The first-order chi connectivity index (χ1) is 8.67. The number of piperidine rings is 1. The summed E-state index contributed by atoms with van der Waals surface area (Å²) >= 11 is 3.49. The van der Waals surface area contributed by atoms with E-state index in [1.165, 1.54) is 12.5 Å². The van der Waals surface area contributed by atoms with Crippen LogP contribution in [0.5, 0.6) is 0 Å². The minimum atomic E-state index is -0.200. The molecule has 1 heterocycles. The van der Waals surface area contributed by atoms with Gasteiger partial charge in [0.15, 0.2) is 0 Å². The Hall–Kier alpha value is -0.450. The summed E-state index contributed by atoms with van der Waals surface area (Å²) in [6.07, 6.45) is 2.35. The molecule has 0 spiro atoms. The maximum absolute atomic E-state index is 13.2. The van der Waals surface area contributed by atoms with Crippen molar-refractivity contribution in [3.8, 4) is 0 Å². The Morgan fingerprint density at radius 3 is 2.89 bits per heavy atom. The number of benzene rings is 1. The monoisotopic (exact) mass is 314 g/mol. The van der Waals surface area contributed by atoms with E-state index in [2.05, 4.69) is 27.8 Å². The standard InChI is InChI=1S/C14H20BrFN2/c1-2-18-7-3-4-10(9-17)14(18)12-6-5-11(16)8-13(12)15/h5-6,8,10,14H,2-4,7,9,17H2,1H3. The Morgan fingerprint density at radius 2 is 2.28 bits per heavy atom. The average molecular weight is 315 g/mol. The highest BCUT2D eigenvalue weighted by molar-refractivity contribution is 9.10. The molecule has 2 rings (SSSR count). The van der Waals surface area contributed by atoms with Gasteiger partial charge in [0.25, 0.3) is 0 Å². The lowest BCUT2D eigenvalue weighted by atomic mass is 9.84. The van der Waals surface area contributed by atoms with Gasteiger partial charge in [0.1, 0.15) is 5.82 Å². The van der Waals surface area contributed by atoms with Crippen molar-refractivity contribution in [3.63, 3.8) is 0 Å². The van der Waals surface area contributed by atoms with Crippen LogP contribution in [0.3, 0.4) is 0 Å². The van der Waals surface area contributed by atoms with E-state index in [9.17, 15) is 4.39 Å². The van der Waals surface area contributed by atoms with Gasteiger partial charge >= 0.3 is 0 Å². The molecule has 2 unspecified atom stereocenters. The van der Waals surface area contributed by atoms with Gasteiger partial charge in [-0.1, -0.05) is 28.9 Å². The Labute approximate surface area is 116 Å². The van der Waals surface area contributed by atoms with Crippen molar-refractivity contribution in [2.75, 3.05) is 19.6 Å². The van der Waals surface area contributed by atoms with Crippen LogP contribution in [-0.4, -0.2) is 24.5 Å². The van der Waals surface area contributed by atoms with Crippen LogP contribution in [0.1, 0.15) is 31.4 Å². The molecule has 4 heteroatoms. The fourth-order valence-corrected chi connectivity index (χ4v) is 3.53. The van der Waals surface area contributed by atoms with Crippen LogP contribution in [-0.2, 0) is 0 Å². The van der Waals surface area contributed by atoms with Gasteiger partial charge in [0.2, 0.25) is 0 Å². The van der Waals surface area contributed by atoms with Crippen molar-refractivity contribution in [2.45, 2.75) is 25.8 Å². The van der Waals surface area contributed by atoms with E-state index in [0.717, 1.165) is 29.5 Å². The molecular formula is C14H20BrFN2. The molecule has 18 heavy (non-hydrogen) atoms. The van der Waals surface area contributed by atoms with Crippen LogP contribution in [0.15, 0.2) is 22.7 Å². The summed E-state index contributed by atoms with van der Waals surface area (Å²) in [5, 5.41) is 0. The highest BCUT2D eigenvalue weighted by Crippen LogP contribution is 2.38. The zero-order valence-corrected chi connectivity index (χ0v) is 12.3.